The number of hydrogen-bond acceptors (Lipinski definition) is 2. The fourth-order valence-corrected chi connectivity index (χ4v) is 3.03. The summed E-state index contributed by atoms with van der Waals surface area (Å²) in [5.41, 5.74) is 0. The normalized spacial score (nSPS) is 34.5. The second-order valence-electron chi connectivity index (χ2n) is 5.65. The average molecular weight is 264 g/mol. The monoisotopic (exact) mass is 264 g/mol. The molecule has 0 amide bonds. The fraction of sp³-hybridized carbons (Fsp3) is 1.00. The summed E-state index contributed by atoms with van der Waals surface area (Å²) in [5.74, 6) is -1.07. The van der Waals surface area contributed by atoms with Gasteiger partial charge in [0.2, 0.25) is 0 Å². The van der Waals surface area contributed by atoms with Gasteiger partial charge in [-0.2, -0.15) is 13.2 Å². The molecule has 2 nitrogen and oxygen atoms in total. The molecule has 5 heteroatoms. The Morgan fingerprint density at radius 1 is 1.00 bits per heavy atom. The van der Waals surface area contributed by atoms with Crippen LogP contribution in [-0.4, -0.2) is 31.3 Å². The largest absolute Gasteiger partial charge is 0.391 e. The zero-order chi connectivity index (χ0) is 13.0. The van der Waals surface area contributed by atoms with Gasteiger partial charge in [0.05, 0.1) is 5.92 Å². The molecule has 1 unspecified atom stereocenters. The van der Waals surface area contributed by atoms with E-state index in [2.05, 4.69) is 10.6 Å². The lowest BCUT2D eigenvalue weighted by atomic mass is 9.85. The summed E-state index contributed by atoms with van der Waals surface area (Å²) in [5, 5.41) is 6.88. The Morgan fingerprint density at radius 3 is 2.28 bits per heavy atom. The highest BCUT2D eigenvalue weighted by atomic mass is 19.4. The lowest BCUT2D eigenvalue weighted by Crippen LogP contribution is -2.46. The minimum Gasteiger partial charge on any atom is -0.313 e. The van der Waals surface area contributed by atoms with Gasteiger partial charge < -0.3 is 10.6 Å². The van der Waals surface area contributed by atoms with Gasteiger partial charge in [0.1, 0.15) is 0 Å². The summed E-state index contributed by atoms with van der Waals surface area (Å²) >= 11 is 0. The maximum absolute atomic E-state index is 12.5. The van der Waals surface area contributed by atoms with Crippen molar-refractivity contribution in [2.75, 3.05) is 13.1 Å². The van der Waals surface area contributed by atoms with Crippen molar-refractivity contribution < 1.29 is 13.2 Å². The van der Waals surface area contributed by atoms with E-state index in [1.807, 2.05) is 0 Å². The predicted molar refractivity (Wildman–Crippen MR) is 65.4 cm³/mol. The SMILES string of the molecule is FC(F)(F)C1CCC(NCC2CCCCN2)CC1. The van der Waals surface area contributed by atoms with Gasteiger partial charge in [-0.05, 0) is 45.1 Å². The van der Waals surface area contributed by atoms with Crippen LogP contribution in [0.1, 0.15) is 44.9 Å². The van der Waals surface area contributed by atoms with Gasteiger partial charge in [0, 0.05) is 18.6 Å². The highest BCUT2D eigenvalue weighted by Crippen LogP contribution is 2.37. The highest BCUT2D eigenvalue weighted by molar-refractivity contribution is 4.83. The van der Waals surface area contributed by atoms with Gasteiger partial charge in [0.25, 0.3) is 0 Å². The number of alkyl halides is 3. The molecule has 18 heavy (non-hydrogen) atoms. The second-order valence-corrected chi connectivity index (χ2v) is 5.65. The Balaban J connectivity index is 1.64. The van der Waals surface area contributed by atoms with Gasteiger partial charge in [0.15, 0.2) is 0 Å². The molecule has 1 atom stereocenters. The van der Waals surface area contributed by atoms with Crippen LogP contribution >= 0.6 is 0 Å². The predicted octanol–water partition coefficient (Wildman–Crippen LogP) is 2.84. The highest BCUT2D eigenvalue weighted by Gasteiger charge is 2.41. The third-order valence-electron chi connectivity index (χ3n) is 4.26. The molecule has 2 N–H and O–H groups in total. The summed E-state index contributed by atoms with van der Waals surface area (Å²) in [4.78, 5) is 0. The smallest absolute Gasteiger partial charge is 0.313 e. The Hall–Kier alpha value is -0.290. The first-order chi connectivity index (χ1) is 8.55. The van der Waals surface area contributed by atoms with Crippen LogP contribution in [0.3, 0.4) is 0 Å². The standard InChI is InChI=1S/C13H23F3N2/c14-13(15,16)10-4-6-11(7-5-10)18-9-12-3-1-2-8-17-12/h10-12,17-18H,1-9H2. The van der Waals surface area contributed by atoms with E-state index in [4.69, 9.17) is 0 Å². The first-order valence-electron chi connectivity index (χ1n) is 7.09. The van der Waals surface area contributed by atoms with E-state index in [9.17, 15) is 13.2 Å². The van der Waals surface area contributed by atoms with E-state index >= 15 is 0 Å². The molecule has 1 saturated heterocycles. The van der Waals surface area contributed by atoms with Crippen LogP contribution in [0.15, 0.2) is 0 Å². The maximum Gasteiger partial charge on any atom is 0.391 e. The molecule has 0 bridgehead atoms. The van der Waals surface area contributed by atoms with Crippen LogP contribution in [0.4, 0.5) is 13.2 Å². The molecule has 2 aliphatic rings. The first-order valence-corrected chi connectivity index (χ1v) is 7.09. The number of hydrogen-bond donors (Lipinski definition) is 2. The molecular formula is C13H23F3N2. The van der Waals surface area contributed by atoms with Gasteiger partial charge in [-0.25, -0.2) is 0 Å². The molecule has 1 saturated carbocycles. The summed E-state index contributed by atoms with van der Waals surface area (Å²) in [6.45, 7) is 1.98. The van der Waals surface area contributed by atoms with Crippen molar-refractivity contribution in [3.8, 4) is 0 Å². The van der Waals surface area contributed by atoms with E-state index in [0.717, 1.165) is 13.1 Å². The molecular weight excluding hydrogens is 241 g/mol. The van der Waals surface area contributed by atoms with Gasteiger partial charge in [-0.3, -0.25) is 0 Å². The first kappa shape index (κ1) is 14.1. The summed E-state index contributed by atoms with van der Waals surface area (Å²) in [6, 6.07) is 0.798. The molecule has 1 heterocycles. The Kier molecular flexibility index (Phi) is 4.90. The Morgan fingerprint density at radius 2 is 1.72 bits per heavy atom. The van der Waals surface area contributed by atoms with Crippen molar-refractivity contribution in [3.63, 3.8) is 0 Å². The molecule has 0 aromatic rings. The molecule has 0 aromatic carbocycles. The van der Waals surface area contributed by atoms with Crippen molar-refractivity contribution in [2.45, 2.75) is 63.2 Å². The van der Waals surface area contributed by atoms with Crippen LogP contribution in [0, 0.1) is 5.92 Å². The number of halogens is 3. The zero-order valence-electron chi connectivity index (χ0n) is 10.7. The minimum atomic E-state index is -3.99. The van der Waals surface area contributed by atoms with E-state index in [0.29, 0.717) is 31.7 Å². The average Bonchev–Trinajstić information content (AvgIpc) is 2.37. The van der Waals surface area contributed by atoms with E-state index < -0.39 is 12.1 Å². The van der Waals surface area contributed by atoms with Crippen molar-refractivity contribution >= 4 is 0 Å². The molecule has 1 aliphatic heterocycles. The summed E-state index contributed by atoms with van der Waals surface area (Å²) < 4.78 is 37.5. The van der Waals surface area contributed by atoms with Crippen molar-refractivity contribution in [3.05, 3.63) is 0 Å². The van der Waals surface area contributed by atoms with Crippen molar-refractivity contribution in [1.29, 1.82) is 0 Å². The fourth-order valence-electron chi connectivity index (χ4n) is 3.03. The molecule has 0 spiro atoms. The lowest BCUT2D eigenvalue weighted by Gasteiger charge is -2.32. The van der Waals surface area contributed by atoms with Crippen LogP contribution in [0.5, 0.6) is 0 Å². The number of rotatable bonds is 3. The van der Waals surface area contributed by atoms with Gasteiger partial charge in [-0.1, -0.05) is 6.42 Å². The zero-order valence-corrected chi connectivity index (χ0v) is 10.7. The molecule has 0 aromatic heterocycles. The third kappa shape index (κ3) is 4.12. The van der Waals surface area contributed by atoms with Crippen LogP contribution < -0.4 is 10.6 Å². The molecule has 106 valence electrons. The summed E-state index contributed by atoms with van der Waals surface area (Å²) in [7, 11) is 0. The number of nitrogens with one attached hydrogen (secondary N) is 2. The van der Waals surface area contributed by atoms with Gasteiger partial charge >= 0.3 is 6.18 Å². The molecule has 1 aliphatic carbocycles. The van der Waals surface area contributed by atoms with E-state index in [-0.39, 0.29) is 6.04 Å². The molecule has 2 fully saturated rings. The second kappa shape index (κ2) is 6.24. The van der Waals surface area contributed by atoms with Crippen molar-refractivity contribution in [1.82, 2.24) is 10.6 Å². The quantitative estimate of drug-likeness (QED) is 0.819. The summed E-state index contributed by atoms with van der Waals surface area (Å²) in [6.07, 6.45) is 1.61. The van der Waals surface area contributed by atoms with Crippen LogP contribution in [-0.2, 0) is 0 Å². The van der Waals surface area contributed by atoms with E-state index in [1.54, 1.807) is 0 Å². The van der Waals surface area contributed by atoms with Crippen LogP contribution in [0.2, 0.25) is 0 Å². The molecule has 2 rings (SSSR count). The Bertz CT molecular complexity index is 241. The Labute approximate surface area is 107 Å². The van der Waals surface area contributed by atoms with E-state index in [1.165, 1.54) is 19.3 Å². The van der Waals surface area contributed by atoms with Crippen molar-refractivity contribution in [2.24, 2.45) is 5.92 Å². The molecule has 0 radical (unpaired) electrons. The topological polar surface area (TPSA) is 24.1 Å². The third-order valence-corrected chi connectivity index (χ3v) is 4.26. The van der Waals surface area contributed by atoms with Crippen LogP contribution in [0.25, 0.3) is 0 Å². The minimum absolute atomic E-state index is 0.285. The lowest BCUT2D eigenvalue weighted by molar-refractivity contribution is -0.182. The number of piperidine rings is 1. The maximum atomic E-state index is 12.5. The van der Waals surface area contributed by atoms with Gasteiger partial charge in [-0.15, -0.1) is 0 Å².